The van der Waals surface area contributed by atoms with Crippen LogP contribution in [0.5, 0.6) is 17.2 Å². The Bertz CT molecular complexity index is 918. The van der Waals surface area contributed by atoms with Crippen LogP contribution in [0.4, 0.5) is 5.69 Å². The molecule has 0 aromatic heterocycles. The number of nitrogens with one attached hydrogen (secondary N) is 1. The van der Waals surface area contributed by atoms with Gasteiger partial charge in [-0.1, -0.05) is 43.3 Å². The summed E-state index contributed by atoms with van der Waals surface area (Å²) in [5.41, 5.74) is 1.57. The van der Waals surface area contributed by atoms with Crippen LogP contribution in [-0.4, -0.2) is 12.5 Å². The van der Waals surface area contributed by atoms with Crippen molar-refractivity contribution in [2.75, 3.05) is 11.9 Å². The molecule has 3 aromatic rings. The minimum atomic E-state index is -0.206. The van der Waals surface area contributed by atoms with Gasteiger partial charge >= 0.3 is 0 Å². The van der Waals surface area contributed by atoms with Crippen LogP contribution in [-0.2, 0) is 4.79 Å². The molecule has 1 N–H and O–H groups in total. The number of amides is 1. The van der Waals surface area contributed by atoms with E-state index in [-0.39, 0.29) is 5.91 Å². The van der Waals surface area contributed by atoms with Crippen LogP contribution < -0.4 is 14.8 Å². The molecule has 0 spiro atoms. The molecule has 0 fully saturated rings. The van der Waals surface area contributed by atoms with Crippen LogP contribution in [0.1, 0.15) is 18.9 Å². The molecule has 0 saturated carbocycles. The Labute approximate surface area is 165 Å². The zero-order chi connectivity index (χ0) is 19.6. The molecule has 142 valence electrons. The van der Waals surface area contributed by atoms with E-state index in [9.17, 15) is 4.79 Å². The van der Waals surface area contributed by atoms with Crippen LogP contribution in [0.25, 0.3) is 6.08 Å². The van der Waals surface area contributed by atoms with Crippen LogP contribution in [0.15, 0.2) is 84.9 Å². The van der Waals surface area contributed by atoms with E-state index in [1.54, 1.807) is 6.08 Å². The molecule has 4 heteroatoms. The fourth-order valence-corrected chi connectivity index (χ4v) is 2.54. The monoisotopic (exact) mass is 373 g/mol. The zero-order valence-corrected chi connectivity index (χ0v) is 15.8. The lowest BCUT2D eigenvalue weighted by atomic mass is 10.2. The molecule has 3 aromatic carbocycles. The maximum atomic E-state index is 12.2. The first kappa shape index (κ1) is 19.2. The van der Waals surface area contributed by atoms with Crippen molar-refractivity contribution in [3.63, 3.8) is 0 Å². The van der Waals surface area contributed by atoms with Gasteiger partial charge in [-0.25, -0.2) is 0 Å². The normalized spacial score (nSPS) is 10.6. The highest BCUT2D eigenvalue weighted by Crippen LogP contribution is 2.23. The summed E-state index contributed by atoms with van der Waals surface area (Å²) in [7, 11) is 0. The summed E-state index contributed by atoms with van der Waals surface area (Å²) in [6.07, 6.45) is 4.19. The minimum Gasteiger partial charge on any atom is -0.493 e. The fraction of sp³-hybridized carbons (Fsp3) is 0.125. The minimum absolute atomic E-state index is 0.206. The van der Waals surface area contributed by atoms with Crippen molar-refractivity contribution in [1.82, 2.24) is 0 Å². The second-order valence-electron chi connectivity index (χ2n) is 6.15. The fourth-order valence-electron chi connectivity index (χ4n) is 2.54. The molecule has 0 atom stereocenters. The molecule has 0 saturated heterocycles. The van der Waals surface area contributed by atoms with E-state index >= 15 is 0 Å². The van der Waals surface area contributed by atoms with E-state index in [0.29, 0.717) is 18.0 Å². The van der Waals surface area contributed by atoms with E-state index < -0.39 is 0 Å². The molecule has 0 unspecified atom stereocenters. The summed E-state index contributed by atoms with van der Waals surface area (Å²) in [4.78, 5) is 12.2. The van der Waals surface area contributed by atoms with Gasteiger partial charge in [0, 0.05) is 17.3 Å². The molecule has 0 aliphatic carbocycles. The Morgan fingerprint density at radius 2 is 1.57 bits per heavy atom. The summed E-state index contributed by atoms with van der Waals surface area (Å²) in [6.45, 7) is 2.70. The lowest BCUT2D eigenvalue weighted by Crippen LogP contribution is -2.07. The van der Waals surface area contributed by atoms with Gasteiger partial charge in [0.25, 0.3) is 0 Å². The number of benzene rings is 3. The molecular weight excluding hydrogens is 350 g/mol. The Balaban J connectivity index is 1.58. The van der Waals surface area contributed by atoms with Gasteiger partial charge < -0.3 is 14.8 Å². The van der Waals surface area contributed by atoms with E-state index in [1.807, 2.05) is 78.9 Å². The second-order valence-corrected chi connectivity index (χ2v) is 6.15. The van der Waals surface area contributed by atoms with Gasteiger partial charge in [0.05, 0.1) is 6.61 Å². The van der Waals surface area contributed by atoms with Gasteiger partial charge in [0.1, 0.15) is 17.2 Å². The van der Waals surface area contributed by atoms with Gasteiger partial charge in [0.15, 0.2) is 0 Å². The number of hydrogen-bond donors (Lipinski definition) is 1. The van der Waals surface area contributed by atoms with E-state index in [0.717, 1.165) is 23.5 Å². The number of anilines is 1. The molecule has 1 amide bonds. The van der Waals surface area contributed by atoms with Crippen molar-refractivity contribution >= 4 is 17.7 Å². The van der Waals surface area contributed by atoms with E-state index in [2.05, 4.69) is 12.2 Å². The SMILES string of the molecule is CCCOc1ccccc1/C=C/C(=O)Nc1ccc(Oc2ccccc2)cc1. The molecule has 0 heterocycles. The Hall–Kier alpha value is -3.53. The third kappa shape index (κ3) is 5.74. The molecule has 0 radical (unpaired) electrons. The van der Waals surface area contributed by atoms with Crippen LogP contribution in [0.3, 0.4) is 0 Å². The quantitative estimate of drug-likeness (QED) is 0.499. The smallest absolute Gasteiger partial charge is 0.248 e. The van der Waals surface area contributed by atoms with Gasteiger partial charge in [-0.05, 0) is 55.0 Å². The van der Waals surface area contributed by atoms with E-state index in [4.69, 9.17) is 9.47 Å². The largest absolute Gasteiger partial charge is 0.493 e. The van der Waals surface area contributed by atoms with Gasteiger partial charge in [-0.15, -0.1) is 0 Å². The highest BCUT2D eigenvalue weighted by atomic mass is 16.5. The highest BCUT2D eigenvalue weighted by molar-refractivity contribution is 6.02. The van der Waals surface area contributed by atoms with Gasteiger partial charge in [0.2, 0.25) is 5.91 Å². The zero-order valence-electron chi connectivity index (χ0n) is 15.8. The number of para-hydroxylation sites is 2. The molecule has 3 rings (SSSR count). The average Bonchev–Trinajstić information content (AvgIpc) is 2.73. The number of carbonyl (C=O) groups is 1. The van der Waals surface area contributed by atoms with Crippen molar-refractivity contribution in [2.45, 2.75) is 13.3 Å². The summed E-state index contributed by atoms with van der Waals surface area (Å²) >= 11 is 0. The second kappa shape index (κ2) is 9.97. The standard InChI is InChI=1S/C24H23NO3/c1-2-18-27-23-11-7-6-8-19(23)12-17-24(26)25-20-13-15-22(16-14-20)28-21-9-4-3-5-10-21/h3-17H,2,18H2,1H3,(H,25,26)/b17-12+. The van der Waals surface area contributed by atoms with Crippen molar-refractivity contribution < 1.29 is 14.3 Å². The topological polar surface area (TPSA) is 47.6 Å². The number of ether oxygens (including phenoxy) is 2. The first-order valence-corrected chi connectivity index (χ1v) is 9.28. The molecule has 0 aliphatic rings. The Morgan fingerprint density at radius 1 is 0.893 bits per heavy atom. The van der Waals surface area contributed by atoms with Crippen molar-refractivity contribution in [3.8, 4) is 17.2 Å². The Morgan fingerprint density at radius 3 is 2.32 bits per heavy atom. The van der Waals surface area contributed by atoms with E-state index in [1.165, 1.54) is 6.08 Å². The van der Waals surface area contributed by atoms with Crippen molar-refractivity contribution in [1.29, 1.82) is 0 Å². The molecule has 0 aliphatic heterocycles. The first-order chi connectivity index (χ1) is 13.7. The summed E-state index contributed by atoms with van der Waals surface area (Å²) in [6, 6.07) is 24.5. The molecule has 4 nitrogen and oxygen atoms in total. The van der Waals surface area contributed by atoms with Crippen LogP contribution in [0.2, 0.25) is 0 Å². The number of rotatable bonds is 8. The maximum absolute atomic E-state index is 12.2. The van der Waals surface area contributed by atoms with Gasteiger partial charge in [-0.3, -0.25) is 4.79 Å². The molecule has 0 bridgehead atoms. The number of carbonyl (C=O) groups excluding carboxylic acids is 1. The number of hydrogen-bond acceptors (Lipinski definition) is 3. The van der Waals surface area contributed by atoms with Crippen molar-refractivity contribution in [3.05, 3.63) is 90.5 Å². The van der Waals surface area contributed by atoms with Crippen molar-refractivity contribution in [2.24, 2.45) is 0 Å². The van der Waals surface area contributed by atoms with Crippen LogP contribution in [0, 0.1) is 0 Å². The summed E-state index contributed by atoms with van der Waals surface area (Å²) < 4.78 is 11.5. The molecular formula is C24H23NO3. The third-order valence-corrected chi connectivity index (χ3v) is 3.90. The van der Waals surface area contributed by atoms with Gasteiger partial charge in [-0.2, -0.15) is 0 Å². The predicted molar refractivity (Wildman–Crippen MR) is 113 cm³/mol. The lowest BCUT2D eigenvalue weighted by Gasteiger charge is -2.08. The summed E-state index contributed by atoms with van der Waals surface area (Å²) in [5.74, 6) is 2.05. The average molecular weight is 373 g/mol. The summed E-state index contributed by atoms with van der Waals surface area (Å²) in [5, 5.41) is 2.84. The third-order valence-electron chi connectivity index (χ3n) is 3.90. The highest BCUT2D eigenvalue weighted by Gasteiger charge is 2.02. The van der Waals surface area contributed by atoms with Crippen LogP contribution >= 0.6 is 0 Å². The predicted octanol–water partition coefficient (Wildman–Crippen LogP) is 5.92. The molecule has 28 heavy (non-hydrogen) atoms. The Kier molecular flexibility index (Phi) is 6.85. The maximum Gasteiger partial charge on any atom is 0.248 e. The lowest BCUT2D eigenvalue weighted by molar-refractivity contribution is -0.111. The first-order valence-electron chi connectivity index (χ1n) is 9.28.